The minimum absolute atomic E-state index is 0.0729. The van der Waals surface area contributed by atoms with E-state index in [4.69, 9.17) is 5.73 Å². The van der Waals surface area contributed by atoms with Crippen LogP contribution < -0.4 is 15.8 Å². The molecule has 1 aliphatic rings. The predicted octanol–water partition coefficient (Wildman–Crippen LogP) is -1.05. The van der Waals surface area contributed by atoms with Crippen molar-refractivity contribution in [3.05, 3.63) is 12.2 Å². The number of rotatable bonds is 6. The summed E-state index contributed by atoms with van der Waals surface area (Å²) in [6.07, 6.45) is 4.14. The van der Waals surface area contributed by atoms with Crippen LogP contribution in [-0.2, 0) is 14.8 Å². The highest BCUT2D eigenvalue weighted by atomic mass is 32.2. The minimum Gasteiger partial charge on any atom is -0.355 e. The van der Waals surface area contributed by atoms with Crippen LogP contribution in [-0.4, -0.2) is 39.2 Å². The van der Waals surface area contributed by atoms with Crippen LogP contribution >= 0.6 is 0 Å². The van der Waals surface area contributed by atoms with Gasteiger partial charge in [-0.05, 0) is 6.42 Å². The number of nitrogens with one attached hydrogen (secondary N) is 2. The second-order valence-corrected chi connectivity index (χ2v) is 5.93. The monoisotopic (exact) mass is 261 g/mol. The van der Waals surface area contributed by atoms with Crippen LogP contribution in [0.1, 0.15) is 13.3 Å². The molecule has 0 spiro atoms. The molecule has 1 amide bonds. The maximum atomic E-state index is 11.6. The lowest BCUT2D eigenvalue weighted by Gasteiger charge is -2.10. The van der Waals surface area contributed by atoms with Crippen LogP contribution in [0.3, 0.4) is 0 Å². The Morgan fingerprint density at radius 3 is 2.71 bits per heavy atom. The highest BCUT2D eigenvalue weighted by Crippen LogP contribution is 2.15. The standard InChI is InChI=1S/C10H19N3O3S/c1-2-13-17(15,16)6-5-12-10(14)8-3-4-9(11)7-8/h3-4,8-9,13H,2,5-7,11H2,1H3,(H,12,14). The van der Waals surface area contributed by atoms with Crippen LogP contribution in [0, 0.1) is 5.92 Å². The van der Waals surface area contributed by atoms with Gasteiger partial charge in [0.2, 0.25) is 15.9 Å². The summed E-state index contributed by atoms with van der Waals surface area (Å²) in [4.78, 5) is 11.6. The molecule has 0 fully saturated rings. The van der Waals surface area contributed by atoms with Gasteiger partial charge >= 0.3 is 0 Å². The maximum absolute atomic E-state index is 11.6. The molecule has 6 nitrogen and oxygen atoms in total. The molecule has 4 N–H and O–H groups in total. The van der Waals surface area contributed by atoms with Crippen LogP contribution in [0.25, 0.3) is 0 Å². The smallest absolute Gasteiger partial charge is 0.227 e. The SMILES string of the molecule is CCNS(=O)(=O)CCNC(=O)C1C=CC(N)C1. The normalized spacial score (nSPS) is 23.9. The van der Waals surface area contributed by atoms with Gasteiger partial charge < -0.3 is 11.1 Å². The molecule has 0 aromatic carbocycles. The Kier molecular flexibility index (Phi) is 5.10. The third-order valence-corrected chi connectivity index (χ3v) is 3.96. The number of hydrogen-bond donors (Lipinski definition) is 3. The van der Waals surface area contributed by atoms with E-state index < -0.39 is 10.0 Å². The van der Waals surface area contributed by atoms with Crippen molar-refractivity contribution in [2.75, 3.05) is 18.8 Å². The quantitative estimate of drug-likeness (QED) is 0.531. The van der Waals surface area contributed by atoms with Crippen LogP contribution in [0.15, 0.2) is 12.2 Å². The van der Waals surface area contributed by atoms with Crippen molar-refractivity contribution in [1.29, 1.82) is 0 Å². The number of carbonyl (C=O) groups is 1. The van der Waals surface area contributed by atoms with Gasteiger partial charge in [-0.3, -0.25) is 4.79 Å². The van der Waals surface area contributed by atoms with Gasteiger partial charge in [-0.1, -0.05) is 19.1 Å². The zero-order valence-corrected chi connectivity index (χ0v) is 10.7. The van der Waals surface area contributed by atoms with E-state index in [1.54, 1.807) is 19.1 Å². The number of nitrogens with two attached hydrogens (primary N) is 1. The Morgan fingerprint density at radius 1 is 1.47 bits per heavy atom. The Morgan fingerprint density at radius 2 is 2.18 bits per heavy atom. The molecule has 98 valence electrons. The summed E-state index contributed by atoms with van der Waals surface area (Å²) in [5.41, 5.74) is 5.63. The van der Waals surface area contributed by atoms with Gasteiger partial charge in [-0.25, -0.2) is 13.1 Å². The third-order valence-electron chi connectivity index (χ3n) is 2.49. The lowest BCUT2D eigenvalue weighted by atomic mass is 10.1. The van der Waals surface area contributed by atoms with Gasteiger partial charge in [0, 0.05) is 19.1 Å². The van der Waals surface area contributed by atoms with E-state index in [1.165, 1.54) is 0 Å². The molecule has 0 aliphatic heterocycles. The van der Waals surface area contributed by atoms with Gasteiger partial charge in [0.05, 0.1) is 11.7 Å². The summed E-state index contributed by atoms with van der Waals surface area (Å²) in [5, 5.41) is 2.59. The molecule has 7 heteroatoms. The first-order valence-corrected chi connectivity index (χ1v) is 7.29. The van der Waals surface area contributed by atoms with E-state index in [2.05, 4.69) is 10.0 Å². The van der Waals surface area contributed by atoms with E-state index in [0.29, 0.717) is 13.0 Å². The topological polar surface area (TPSA) is 101 Å². The summed E-state index contributed by atoms with van der Waals surface area (Å²) >= 11 is 0. The maximum Gasteiger partial charge on any atom is 0.227 e. The van der Waals surface area contributed by atoms with Crippen molar-refractivity contribution >= 4 is 15.9 Å². The molecule has 0 aromatic rings. The molecule has 0 saturated heterocycles. The van der Waals surface area contributed by atoms with Crippen molar-refractivity contribution in [2.45, 2.75) is 19.4 Å². The average molecular weight is 261 g/mol. The highest BCUT2D eigenvalue weighted by Gasteiger charge is 2.22. The van der Waals surface area contributed by atoms with Gasteiger partial charge in [0.25, 0.3) is 0 Å². The molecule has 2 unspecified atom stereocenters. The lowest BCUT2D eigenvalue weighted by molar-refractivity contribution is -0.123. The second kappa shape index (κ2) is 6.13. The van der Waals surface area contributed by atoms with E-state index in [0.717, 1.165) is 0 Å². The van der Waals surface area contributed by atoms with Crippen molar-refractivity contribution in [3.63, 3.8) is 0 Å². The summed E-state index contributed by atoms with van der Waals surface area (Å²) in [6.45, 7) is 2.19. The van der Waals surface area contributed by atoms with Crippen LogP contribution in [0.5, 0.6) is 0 Å². The zero-order chi connectivity index (χ0) is 12.9. The summed E-state index contributed by atoms with van der Waals surface area (Å²) in [5.74, 6) is -0.498. The molecule has 0 radical (unpaired) electrons. The van der Waals surface area contributed by atoms with Crippen molar-refractivity contribution in [1.82, 2.24) is 10.0 Å². The molecular weight excluding hydrogens is 242 g/mol. The Bertz CT molecular complexity index is 392. The second-order valence-electron chi connectivity index (χ2n) is 4.00. The number of amides is 1. The van der Waals surface area contributed by atoms with E-state index in [9.17, 15) is 13.2 Å². The minimum atomic E-state index is -3.27. The highest BCUT2D eigenvalue weighted by molar-refractivity contribution is 7.89. The van der Waals surface area contributed by atoms with Crippen LogP contribution in [0.4, 0.5) is 0 Å². The van der Waals surface area contributed by atoms with Gasteiger partial charge in [-0.2, -0.15) is 0 Å². The van der Waals surface area contributed by atoms with Crippen molar-refractivity contribution < 1.29 is 13.2 Å². The van der Waals surface area contributed by atoms with Crippen LogP contribution in [0.2, 0.25) is 0 Å². The fourth-order valence-electron chi connectivity index (χ4n) is 1.65. The van der Waals surface area contributed by atoms with E-state index >= 15 is 0 Å². The van der Waals surface area contributed by atoms with Crippen molar-refractivity contribution in [3.8, 4) is 0 Å². The predicted molar refractivity (Wildman–Crippen MR) is 65.7 cm³/mol. The van der Waals surface area contributed by atoms with Crippen molar-refractivity contribution in [2.24, 2.45) is 11.7 Å². The Labute approximate surface area is 102 Å². The fraction of sp³-hybridized carbons (Fsp3) is 0.700. The third kappa shape index (κ3) is 4.84. The van der Waals surface area contributed by atoms with Gasteiger partial charge in [-0.15, -0.1) is 0 Å². The summed E-state index contributed by atoms with van der Waals surface area (Å²) in [7, 11) is -3.27. The number of sulfonamides is 1. The summed E-state index contributed by atoms with van der Waals surface area (Å²) in [6, 6.07) is -0.0729. The molecule has 0 heterocycles. The zero-order valence-electron chi connectivity index (χ0n) is 9.85. The molecule has 17 heavy (non-hydrogen) atoms. The first kappa shape index (κ1) is 14.1. The molecule has 1 aliphatic carbocycles. The largest absolute Gasteiger partial charge is 0.355 e. The Hall–Kier alpha value is -0.920. The number of hydrogen-bond acceptors (Lipinski definition) is 4. The van der Waals surface area contributed by atoms with Gasteiger partial charge in [0.1, 0.15) is 0 Å². The fourth-order valence-corrected chi connectivity index (χ4v) is 2.61. The molecule has 1 rings (SSSR count). The molecule has 0 saturated carbocycles. The molecular formula is C10H19N3O3S. The molecule has 2 atom stereocenters. The number of carbonyl (C=O) groups excluding carboxylic acids is 1. The van der Waals surface area contributed by atoms with E-state index in [1.807, 2.05) is 0 Å². The average Bonchev–Trinajstić information content (AvgIpc) is 2.64. The first-order valence-electron chi connectivity index (χ1n) is 5.63. The van der Waals surface area contributed by atoms with Gasteiger partial charge in [0.15, 0.2) is 0 Å². The lowest BCUT2D eigenvalue weighted by Crippen LogP contribution is -2.37. The molecule has 0 aromatic heterocycles. The van der Waals surface area contributed by atoms with E-state index in [-0.39, 0.29) is 30.2 Å². The first-order chi connectivity index (χ1) is 7.94. The molecule has 0 bridgehead atoms. The summed E-state index contributed by atoms with van der Waals surface area (Å²) < 4.78 is 24.9. The Balaban J connectivity index is 2.28.